The number of nitrogens with two attached hydrogens (primary N) is 2. The molecule has 0 atom stereocenters. The van der Waals surface area contributed by atoms with E-state index < -0.39 is 0 Å². The number of hydrogen-bond donors (Lipinski definition) is 3. The van der Waals surface area contributed by atoms with E-state index in [1.165, 1.54) is 0 Å². The Balaban J connectivity index is 0.000000171. The lowest BCUT2D eigenvalue weighted by molar-refractivity contribution is 0.407. The van der Waals surface area contributed by atoms with Crippen LogP contribution in [0.1, 0.15) is 0 Å². The Bertz CT molecular complexity index is 455. The maximum Gasteiger partial charge on any atom is 0.122 e. The molecule has 0 aliphatic carbocycles. The number of phenolic OH excluding ortho intramolecular Hbond substituents is 1. The number of methoxy groups -OCH3 is 1. The number of hydrogen-bond acceptors (Lipinski definition) is 4. The summed E-state index contributed by atoms with van der Waals surface area (Å²) in [7, 11) is 1.56. The molecule has 0 spiro atoms. The zero-order chi connectivity index (χ0) is 12.7. The molecule has 0 aliphatic heterocycles. The van der Waals surface area contributed by atoms with Crippen LogP contribution in [0.5, 0.6) is 11.5 Å². The summed E-state index contributed by atoms with van der Waals surface area (Å²) in [5.41, 5.74) is 12.2. The van der Waals surface area contributed by atoms with Crippen molar-refractivity contribution in [2.75, 3.05) is 18.6 Å². The minimum atomic E-state index is 0.231. The molecule has 2 aromatic carbocycles. The van der Waals surface area contributed by atoms with E-state index in [9.17, 15) is 0 Å². The lowest BCUT2D eigenvalue weighted by Crippen LogP contribution is -1.87. The molecule has 2 aromatic rings. The van der Waals surface area contributed by atoms with Crippen molar-refractivity contribution in [2.24, 2.45) is 0 Å². The van der Waals surface area contributed by atoms with Crippen molar-refractivity contribution in [3.63, 3.8) is 0 Å². The first kappa shape index (κ1) is 12.7. The molecule has 4 nitrogen and oxygen atoms in total. The fraction of sp³-hybridized carbons (Fsp3) is 0.0769. The van der Waals surface area contributed by atoms with Crippen LogP contribution in [0, 0.1) is 0 Å². The summed E-state index contributed by atoms with van der Waals surface area (Å²) in [5, 5.41) is 8.86. The van der Waals surface area contributed by atoms with Gasteiger partial charge in [0.15, 0.2) is 0 Å². The molecule has 0 fully saturated rings. The first-order chi connectivity index (χ1) is 8.11. The van der Waals surface area contributed by atoms with E-state index in [1.807, 2.05) is 6.07 Å². The molecule has 90 valence electrons. The number of rotatable bonds is 1. The third-order valence-electron chi connectivity index (χ3n) is 1.96. The van der Waals surface area contributed by atoms with Gasteiger partial charge in [-0.15, -0.1) is 0 Å². The van der Waals surface area contributed by atoms with Gasteiger partial charge in [-0.2, -0.15) is 0 Å². The predicted molar refractivity (Wildman–Crippen MR) is 69.9 cm³/mol. The maximum atomic E-state index is 8.86. The van der Waals surface area contributed by atoms with Gasteiger partial charge < -0.3 is 21.3 Å². The second-order valence-electron chi connectivity index (χ2n) is 3.37. The molecule has 17 heavy (non-hydrogen) atoms. The quantitative estimate of drug-likeness (QED) is 0.659. The first-order valence-corrected chi connectivity index (χ1v) is 5.06. The average Bonchev–Trinajstić information content (AvgIpc) is 2.29. The monoisotopic (exact) mass is 232 g/mol. The highest BCUT2D eigenvalue weighted by molar-refractivity contribution is 5.50. The van der Waals surface area contributed by atoms with Gasteiger partial charge in [0, 0.05) is 17.4 Å². The van der Waals surface area contributed by atoms with Crippen LogP contribution in [-0.4, -0.2) is 12.2 Å². The molecule has 0 aliphatic rings. The third-order valence-corrected chi connectivity index (χ3v) is 1.96. The van der Waals surface area contributed by atoms with Crippen molar-refractivity contribution in [1.29, 1.82) is 0 Å². The van der Waals surface area contributed by atoms with Gasteiger partial charge in [0.05, 0.1) is 7.11 Å². The molecular weight excluding hydrogens is 216 g/mol. The van der Waals surface area contributed by atoms with Gasteiger partial charge in [-0.05, 0) is 30.3 Å². The number of aromatic hydroxyl groups is 1. The van der Waals surface area contributed by atoms with Crippen LogP contribution >= 0.6 is 0 Å². The summed E-state index contributed by atoms with van der Waals surface area (Å²) in [5.74, 6) is 0.907. The molecule has 0 aromatic heterocycles. The fourth-order valence-corrected chi connectivity index (χ4v) is 1.17. The molecular formula is C13H16N2O2. The largest absolute Gasteiger partial charge is 0.508 e. The molecule has 0 saturated carbocycles. The van der Waals surface area contributed by atoms with Crippen LogP contribution in [0.2, 0.25) is 0 Å². The lowest BCUT2D eigenvalue weighted by Gasteiger charge is -1.97. The van der Waals surface area contributed by atoms with Crippen molar-refractivity contribution in [2.45, 2.75) is 0 Å². The Labute approximate surface area is 100 Å². The summed E-state index contributed by atoms with van der Waals surface area (Å²) < 4.78 is 4.84. The van der Waals surface area contributed by atoms with E-state index in [2.05, 4.69) is 0 Å². The number of ether oxygens (including phenoxy) is 1. The van der Waals surface area contributed by atoms with Gasteiger partial charge in [-0.25, -0.2) is 0 Å². The average molecular weight is 232 g/mol. The fourth-order valence-electron chi connectivity index (χ4n) is 1.17. The summed E-state index contributed by atoms with van der Waals surface area (Å²) in [6, 6.07) is 13.8. The summed E-state index contributed by atoms with van der Waals surface area (Å²) in [6.07, 6.45) is 0. The van der Waals surface area contributed by atoms with Crippen LogP contribution in [0.4, 0.5) is 11.4 Å². The normalized spacial score (nSPS) is 9.00. The minimum Gasteiger partial charge on any atom is -0.508 e. The molecule has 0 saturated heterocycles. The maximum absolute atomic E-state index is 8.86. The number of benzene rings is 2. The van der Waals surface area contributed by atoms with Gasteiger partial charge in [0.25, 0.3) is 0 Å². The van der Waals surface area contributed by atoms with E-state index in [0.717, 1.165) is 0 Å². The number of anilines is 2. The molecule has 0 amide bonds. The van der Waals surface area contributed by atoms with E-state index in [4.69, 9.17) is 21.3 Å². The van der Waals surface area contributed by atoms with Crippen LogP contribution in [0.15, 0.2) is 48.5 Å². The molecule has 2 rings (SSSR count). The van der Waals surface area contributed by atoms with Crippen molar-refractivity contribution in [3.05, 3.63) is 48.5 Å². The Morgan fingerprint density at radius 2 is 1.53 bits per heavy atom. The minimum absolute atomic E-state index is 0.231. The van der Waals surface area contributed by atoms with Gasteiger partial charge >= 0.3 is 0 Å². The Kier molecular flexibility index (Phi) is 4.69. The van der Waals surface area contributed by atoms with E-state index >= 15 is 0 Å². The number of phenols is 1. The van der Waals surface area contributed by atoms with Gasteiger partial charge in [0.1, 0.15) is 11.5 Å². The molecule has 0 bridgehead atoms. The van der Waals surface area contributed by atoms with Crippen molar-refractivity contribution in [1.82, 2.24) is 0 Å². The number of nitrogen functional groups attached to an aromatic ring is 2. The summed E-state index contributed by atoms with van der Waals surface area (Å²) in [6.45, 7) is 0. The smallest absolute Gasteiger partial charge is 0.122 e. The topological polar surface area (TPSA) is 81.5 Å². The van der Waals surface area contributed by atoms with Crippen LogP contribution in [0.3, 0.4) is 0 Å². The van der Waals surface area contributed by atoms with E-state index in [1.54, 1.807) is 49.6 Å². The molecule has 5 N–H and O–H groups in total. The standard InChI is InChI=1S/C7H8O2.C6H8N2/c1-9-7-4-2-3-6(8)5-7;7-5-2-1-3-6(8)4-5/h2-5,8H,1H3;1-4H,7-8H2. The van der Waals surface area contributed by atoms with Crippen LogP contribution in [0.25, 0.3) is 0 Å². The highest BCUT2D eigenvalue weighted by Crippen LogP contribution is 2.16. The van der Waals surface area contributed by atoms with Crippen molar-refractivity contribution in [3.8, 4) is 11.5 Å². The van der Waals surface area contributed by atoms with Gasteiger partial charge in [0.2, 0.25) is 0 Å². The van der Waals surface area contributed by atoms with Gasteiger partial charge in [-0.1, -0.05) is 12.1 Å². The zero-order valence-corrected chi connectivity index (χ0v) is 9.63. The second kappa shape index (κ2) is 6.27. The third kappa shape index (κ3) is 4.79. The highest BCUT2D eigenvalue weighted by Gasteiger charge is 1.88. The first-order valence-electron chi connectivity index (χ1n) is 5.06. The summed E-state index contributed by atoms with van der Waals surface area (Å²) >= 11 is 0. The molecule has 0 unspecified atom stereocenters. The van der Waals surface area contributed by atoms with Crippen molar-refractivity contribution < 1.29 is 9.84 Å². The predicted octanol–water partition coefficient (Wildman–Crippen LogP) is 2.25. The van der Waals surface area contributed by atoms with E-state index in [0.29, 0.717) is 17.1 Å². The second-order valence-corrected chi connectivity index (χ2v) is 3.37. The van der Waals surface area contributed by atoms with Crippen molar-refractivity contribution >= 4 is 11.4 Å². The summed E-state index contributed by atoms with van der Waals surface area (Å²) in [4.78, 5) is 0. The Morgan fingerprint density at radius 3 is 1.88 bits per heavy atom. The zero-order valence-electron chi connectivity index (χ0n) is 9.63. The SMILES string of the molecule is COc1cccc(O)c1.Nc1cccc(N)c1. The Morgan fingerprint density at radius 1 is 0.941 bits per heavy atom. The van der Waals surface area contributed by atoms with Crippen LogP contribution in [-0.2, 0) is 0 Å². The molecule has 0 heterocycles. The Hall–Kier alpha value is -2.36. The lowest BCUT2D eigenvalue weighted by atomic mass is 10.3. The van der Waals surface area contributed by atoms with Gasteiger partial charge in [-0.3, -0.25) is 0 Å². The van der Waals surface area contributed by atoms with Crippen LogP contribution < -0.4 is 16.2 Å². The molecule has 4 heteroatoms. The highest BCUT2D eigenvalue weighted by atomic mass is 16.5. The molecule has 0 radical (unpaired) electrons. The van der Waals surface area contributed by atoms with E-state index in [-0.39, 0.29) is 5.75 Å².